The average molecular weight is 286 g/mol. The summed E-state index contributed by atoms with van der Waals surface area (Å²) in [6.45, 7) is 11.9. The first-order valence-corrected chi connectivity index (χ1v) is 7.85. The molecule has 0 aliphatic carbocycles. The number of amides is 1. The Morgan fingerprint density at radius 2 is 1.80 bits per heavy atom. The molecule has 4 nitrogen and oxygen atoms in total. The monoisotopic (exact) mass is 286 g/mol. The zero-order valence-corrected chi connectivity index (χ0v) is 14.2. The van der Waals surface area contributed by atoms with Crippen molar-refractivity contribution in [1.82, 2.24) is 4.90 Å². The Hall–Kier alpha value is -0.610. The zero-order chi connectivity index (χ0) is 15.7. The van der Waals surface area contributed by atoms with Crippen molar-refractivity contribution in [3.05, 3.63) is 0 Å². The number of nitrogens with two attached hydrogens (primary N) is 1. The third-order valence-electron chi connectivity index (χ3n) is 3.60. The molecule has 0 saturated heterocycles. The Morgan fingerprint density at radius 1 is 1.20 bits per heavy atom. The lowest BCUT2D eigenvalue weighted by Gasteiger charge is -2.22. The first-order chi connectivity index (χ1) is 9.23. The molecule has 0 aliphatic rings. The molecular weight excluding hydrogens is 252 g/mol. The summed E-state index contributed by atoms with van der Waals surface area (Å²) in [6, 6.07) is 0.160. The van der Waals surface area contributed by atoms with Crippen LogP contribution in [0.3, 0.4) is 0 Å². The van der Waals surface area contributed by atoms with Crippen LogP contribution in [0.25, 0.3) is 0 Å². The van der Waals surface area contributed by atoms with E-state index in [1.807, 2.05) is 7.05 Å². The van der Waals surface area contributed by atoms with Crippen molar-refractivity contribution >= 4 is 5.91 Å². The Kier molecular flexibility index (Phi) is 9.86. The van der Waals surface area contributed by atoms with Crippen molar-refractivity contribution in [3.8, 4) is 0 Å². The quantitative estimate of drug-likeness (QED) is 0.672. The summed E-state index contributed by atoms with van der Waals surface area (Å²) >= 11 is 0. The van der Waals surface area contributed by atoms with Gasteiger partial charge in [0, 0.05) is 19.6 Å². The van der Waals surface area contributed by atoms with E-state index >= 15 is 0 Å². The number of rotatable bonds is 10. The van der Waals surface area contributed by atoms with Crippen LogP contribution in [0.5, 0.6) is 0 Å². The first-order valence-electron chi connectivity index (χ1n) is 7.85. The second-order valence-electron chi connectivity index (χ2n) is 6.57. The van der Waals surface area contributed by atoms with E-state index in [0.717, 1.165) is 19.4 Å². The van der Waals surface area contributed by atoms with E-state index in [1.54, 1.807) is 4.90 Å². The lowest BCUT2D eigenvalue weighted by molar-refractivity contribution is -0.131. The first kappa shape index (κ1) is 19.4. The predicted molar refractivity (Wildman–Crippen MR) is 84.6 cm³/mol. The predicted octanol–water partition coefficient (Wildman–Crippen LogP) is 2.66. The van der Waals surface area contributed by atoms with E-state index in [1.165, 1.54) is 0 Å². The fourth-order valence-electron chi connectivity index (χ4n) is 2.07. The maximum absolute atomic E-state index is 11.9. The van der Waals surface area contributed by atoms with E-state index in [9.17, 15) is 4.79 Å². The number of hydrogen-bond acceptors (Lipinski definition) is 3. The molecule has 0 fully saturated rings. The van der Waals surface area contributed by atoms with Crippen LogP contribution in [-0.4, -0.2) is 43.2 Å². The van der Waals surface area contributed by atoms with Crippen molar-refractivity contribution in [2.24, 2.45) is 17.6 Å². The minimum absolute atomic E-state index is 0.137. The van der Waals surface area contributed by atoms with Gasteiger partial charge in [-0.2, -0.15) is 0 Å². The number of ether oxygens (including phenoxy) is 1. The van der Waals surface area contributed by atoms with Gasteiger partial charge in [0.1, 0.15) is 0 Å². The minimum atomic E-state index is 0.137. The molecule has 1 amide bonds. The van der Waals surface area contributed by atoms with Crippen LogP contribution in [0.15, 0.2) is 0 Å². The number of carbonyl (C=O) groups excluding carboxylic acids is 1. The summed E-state index contributed by atoms with van der Waals surface area (Å²) in [5.41, 5.74) is 5.99. The van der Waals surface area contributed by atoms with Gasteiger partial charge in [-0.25, -0.2) is 0 Å². The molecule has 0 aromatic carbocycles. The molecule has 2 atom stereocenters. The van der Waals surface area contributed by atoms with Gasteiger partial charge in [-0.3, -0.25) is 4.79 Å². The maximum atomic E-state index is 11.9. The van der Waals surface area contributed by atoms with Gasteiger partial charge < -0.3 is 15.4 Å². The van der Waals surface area contributed by atoms with E-state index in [0.29, 0.717) is 24.9 Å². The summed E-state index contributed by atoms with van der Waals surface area (Å²) in [7, 11) is 1.84. The summed E-state index contributed by atoms with van der Waals surface area (Å²) in [5.74, 6) is 1.22. The van der Waals surface area contributed by atoms with Crippen molar-refractivity contribution in [3.63, 3.8) is 0 Å². The Bertz CT molecular complexity index is 267. The molecule has 120 valence electrons. The van der Waals surface area contributed by atoms with Crippen molar-refractivity contribution in [2.45, 2.75) is 66.0 Å². The number of nitrogens with zero attached hydrogens (tertiary/aromatic N) is 1. The summed E-state index contributed by atoms with van der Waals surface area (Å²) in [4.78, 5) is 13.7. The van der Waals surface area contributed by atoms with Crippen LogP contribution >= 0.6 is 0 Å². The molecule has 4 heteroatoms. The van der Waals surface area contributed by atoms with Crippen molar-refractivity contribution < 1.29 is 9.53 Å². The van der Waals surface area contributed by atoms with E-state index in [-0.39, 0.29) is 18.1 Å². The van der Waals surface area contributed by atoms with Crippen LogP contribution in [0.4, 0.5) is 0 Å². The highest BCUT2D eigenvalue weighted by Crippen LogP contribution is 2.08. The molecule has 0 aromatic rings. The van der Waals surface area contributed by atoms with Gasteiger partial charge in [-0.1, -0.05) is 27.7 Å². The van der Waals surface area contributed by atoms with Gasteiger partial charge in [-0.05, 0) is 31.6 Å². The molecule has 0 aromatic heterocycles. The topological polar surface area (TPSA) is 55.6 Å². The number of carbonyl (C=O) groups is 1. The molecule has 0 aliphatic heterocycles. The van der Waals surface area contributed by atoms with Gasteiger partial charge >= 0.3 is 0 Å². The largest absolute Gasteiger partial charge is 0.378 e. The summed E-state index contributed by atoms with van der Waals surface area (Å²) in [5, 5.41) is 0. The summed E-state index contributed by atoms with van der Waals surface area (Å²) in [6.07, 6.45) is 2.57. The molecule has 0 rings (SSSR count). The van der Waals surface area contributed by atoms with Crippen molar-refractivity contribution in [2.75, 3.05) is 20.2 Å². The zero-order valence-electron chi connectivity index (χ0n) is 14.2. The lowest BCUT2D eigenvalue weighted by Crippen LogP contribution is -2.35. The van der Waals surface area contributed by atoms with Crippen LogP contribution in [0, 0.1) is 11.8 Å². The Morgan fingerprint density at radius 3 is 2.30 bits per heavy atom. The second kappa shape index (κ2) is 10.2. The number of hydrogen-bond donors (Lipinski definition) is 1. The highest BCUT2D eigenvalue weighted by Gasteiger charge is 2.13. The minimum Gasteiger partial charge on any atom is -0.378 e. The molecule has 0 heterocycles. The van der Waals surface area contributed by atoms with E-state index in [2.05, 4.69) is 34.6 Å². The lowest BCUT2D eigenvalue weighted by atomic mass is 10.0. The average Bonchev–Trinajstić information content (AvgIpc) is 2.33. The van der Waals surface area contributed by atoms with Gasteiger partial charge in [0.05, 0.1) is 19.1 Å². The van der Waals surface area contributed by atoms with Crippen LogP contribution in [-0.2, 0) is 9.53 Å². The van der Waals surface area contributed by atoms with E-state index < -0.39 is 0 Å². The SMILES string of the molecule is CC(C)CC(C)OCCC(=O)N(C)CCC(N)C(C)C. The molecule has 0 saturated carbocycles. The second-order valence-corrected chi connectivity index (χ2v) is 6.57. The van der Waals surface area contributed by atoms with Gasteiger partial charge in [-0.15, -0.1) is 0 Å². The molecule has 0 bridgehead atoms. The van der Waals surface area contributed by atoms with Crippen LogP contribution in [0.1, 0.15) is 53.9 Å². The Balaban J connectivity index is 3.80. The maximum Gasteiger partial charge on any atom is 0.224 e. The van der Waals surface area contributed by atoms with Crippen LogP contribution in [0.2, 0.25) is 0 Å². The smallest absolute Gasteiger partial charge is 0.224 e. The molecule has 2 N–H and O–H groups in total. The van der Waals surface area contributed by atoms with Gasteiger partial charge in [0.2, 0.25) is 5.91 Å². The third-order valence-corrected chi connectivity index (χ3v) is 3.60. The summed E-state index contributed by atoms with van der Waals surface area (Å²) < 4.78 is 5.67. The fourth-order valence-corrected chi connectivity index (χ4v) is 2.07. The standard InChI is InChI=1S/C16H34N2O2/c1-12(2)11-14(5)20-10-8-16(19)18(6)9-7-15(17)13(3)4/h12-15H,7-11,17H2,1-6H3. The van der Waals surface area contributed by atoms with Gasteiger partial charge in [0.25, 0.3) is 0 Å². The van der Waals surface area contributed by atoms with Crippen LogP contribution < -0.4 is 5.73 Å². The molecule has 0 radical (unpaired) electrons. The molecule has 2 unspecified atom stereocenters. The molecular formula is C16H34N2O2. The van der Waals surface area contributed by atoms with Gasteiger partial charge in [0.15, 0.2) is 0 Å². The normalized spacial score (nSPS) is 14.7. The van der Waals surface area contributed by atoms with E-state index in [4.69, 9.17) is 10.5 Å². The molecule has 0 spiro atoms. The Labute approximate surface area is 125 Å². The third kappa shape index (κ3) is 9.32. The fraction of sp³-hybridized carbons (Fsp3) is 0.938. The highest BCUT2D eigenvalue weighted by atomic mass is 16.5. The highest BCUT2D eigenvalue weighted by molar-refractivity contribution is 5.75. The molecule has 20 heavy (non-hydrogen) atoms. The van der Waals surface area contributed by atoms with Crippen molar-refractivity contribution in [1.29, 1.82) is 0 Å².